The normalized spacial score (nSPS) is 11.7. The van der Waals surface area contributed by atoms with Crippen molar-refractivity contribution in [2.45, 2.75) is 12.5 Å². The Kier molecular flexibility index (Phi) is 6.55. The lowest BCUT2D eigenvalue weighted by atomic mass is 10.1. The zero-order valence-corrected chi connectivity index (χ0v) is 15.5. The molecule has 0 amide bonds. The lowest BCUT2D eigenvalue weighted by Crippen LogP contribution is -2.22. The summed E-state index contributed by atoms with van der Waals surface area (Å²) < 4.78 is 4.68. The first-order chi connectivity index (χ1) is 11.9. The maximum atomic E-state index is 11.4. The molecule has 0 bridgehead atoms. The van der Waals surface area contributed by atoms with Gasteiger partial charge in [0.05, 0.1) is 18.4 Å². The number of carbonyl (C=O) groups is 1. The Bertz CT molecular complexity index is 725. The Morgan fingerprint density at radius 2 is 2.08 bits per heavy atom. The first-order valence-electron chi connectivity index (χ1n) is 7.80. The van der Waals surface area contributed by atoms with E-state index < -0.39 is 6.10 Å². The van der Waals surface area contributed by atoms with Crippen molar-refractivity contribution >= 4 is 22.4 Å². The fraction of sp³-hybridized carbons (Fsp3) is 0.333. The summed E-state index contributed by atoms with van der Waals surface area (Å²) in [6.07, 6.45) is -0.0860. The molecule has 1 heterocycles. The number of ether oxygens (including phenoxy) is 1. The molecule has 7 heteroatoms. The van der Waals surface area contributed by atoms with Crippen LogP contribution in [0.25, 0.3) is 0 Å². The molecular weight excluding hydrogens is 338 g/mol. The number of benzene rings is 1. The minimum Gasteiger partial charge on any atom is -0.465 e. The van der Waals surface area contributed by atoms with Gasteiger partial charge < -0.3 is 20.1 Å². The summed E-state index contributed by atoms with van der Waals surface area (Å²) in [5, 5.41) is 16.1. The third kappa shape index (κ3) is 5.30. The Balaban J connectivity index is 1.84. The zero-order valence-electron chi connectivity index (χ0n) is 14.7. The first kappa shape index (κ1) is 19.0. The van der Waals surface area contributed by atoms with Crippen molar-refractivity contribution in [2.75, 3.05) is 32.6 Å². The van der Waals surface area contributed by atoms with Crippen LogP contribution in [0, 0.1) is 0 Å². The molecule has 1 unspecified atom stereocenters. The SMILES string of the molecule is C=C(Cc1ccc(C(=O)OC)cc1)NCC(O)c1csc(N(C)C)n1. The topological polar surface area (TPSA) is 74.7 Å². The van der Waals surface area contributed by atoms with Crippen LogP contribution in [-0.2, 0) is 11.2 Å². The summed E-state index contributed by atoms with van der Waals surface area (Å²) in [6, 6.07) is 7.17. The molecule has 1 aromatic carbocycles. The van der Waals surface area contributed by atoms with E-state index in [1.807, 2.05) is 36.5 Å². The third-order valence-electron chi connectivity index (χ3n) is 3.57. The fourth-order valence-electron chi connectivity index (χ4n) is 2.17. The number of hydrogen-bond donors (Lipinski definition) is 2. The molecule has 0 aliphatic heterocycles. The van der Waals surface area contributed by atoms with Crippen LogP contribution >= 0.6 is 11.3 Å². The number of thiazole rings is 1. The van der Waals surface area contributed by atoms with Crippen molar-refractivity contribution < 1.29 is 14.6 Å². The van der Waals surface area contributed by atoms with Gasteiger partial charge in [-0.2, -0.15) is 0 Å². The van der Waals surface area contributed by atoms with Gasteiger partial charge in [0.2, 0.25) is 0 Å². The monoisotopic (exact) mass is 361 g/mol. The zero-order chi connectivity index (χ0) is 18.4. The summed E-state index contributed by atoms with van der Waals surface area (Å²) in [6.45, 7) is 4.33. The van der Waals surface area contributed by atoms with Crippen molar-refractivity contribution in [3.8, 4) is 0 Å². The molecule has 0 saturated heterocycles. The number of esters is 1. The highest BCUT2D eigenvalue weighted by Crippen LogP contribution is 2.22. The van der Waals surface area contributed by atoms with Gasteiger partial charge in [0.15, 0.2) is 5.13 Å². The van der Waals surface area contributed by atoms with Crippen molar-refractivity contribution in [3.05, 3.63) is 58.7 Å². The Labute approximate surface area is 151 Å². The van der Waals surface area contributed by atoms with Gasteiger partial charge in [-0.25, -0.2) is 9.78 Å². The van der Waals surface area contributed by atoms with Crippen LogP contribution in [0.15, 0.2) is 41.9 Å². The quantitative estimate of drug-likeness (QED) is 0.703. The number of nitrogens with zero attached hydrogens (tertiary/aromatic N) is 2. The summed E-state index contributed by atoms with van der Waals surface area (Å²) >= 11 is 1.50. The molecule has 1 atom stereocenters. The molecule has 0 radical (unpaired) electrons. The van der Waals surface area contributed by atoms with Gasteiger partial charge in [-0.1, -0.05) is 18.7 Å². The number of nitrogens with one attached hydrogen (secondary N) is 1. The summed E-state index contributed by atoms with van der Waals surface area (Å²) in [5.41, 5.74) is 2.97. The summed E-state index contributed by atoms with van der Waals surface area (Å²) in [4.78, 5) is 17.7. The van der Waals surface area contributed by atoms with Gasteiger partial charge in [-0.3, -0.25) is 0 Å². The molecule has 0 fully saturated rings. The van der Waals surface area contributed by atoms with Crippen molar-refractivity contribution in [1.82, 2.24) is 10.3 Å². The number of carbonyl (C=O) groups excluding carboxylic acids is 1. The van der Waals surface area contributed by atoms with Gasteiger partial charge in [0.1, 0.15) is 6.10 Å². The minimum atomic E-state index is -0.691. The van der Waals surface area contributed by atoms with E-state index in [0.717, 1.165) is 16.4 Å². The number of allylic oxidation sites excluding steroid dienone is 1. The van der Waals surface area contributed by atoms with Crippen LogP contribution in [0.2, 0.25) is 0 Å². The van der Waals surface area contributed by atoms with Gasteiger partial charge in [0.25, 0.3) is 0 Å². The van der Waals surface area contributed by atoms with E-state index in [4.69, 9.17) is 0 Å². The molecule has 2 aromatic rings. The summed E-state index contributed by atoms with van der Waals surface area (Å²) in [7, 11) is 5.19. The van der Waals surface area contributed by atoms with Crippen LogP contribution in [0.4, 0.5) is 5.13 Å². The average Bonchev–Trinajstić information content (AvgIpc) is 3.10. The largest absolute Gasteiger partial charge is 0.465 e. The highest BCUT2D eigenvalue weighted by molar-refractivity contribution is 7.13. The number of rotatable bonds is 8. The van der Waals surface area contributed by atoms with Crippen LogP contribution < -0.4 is 10.2 Å². The number of anilines is 1. The molecule has 0 aliphatic carbocycles. The first-order valence-corrected chi connectivity index (χ1v) is 8.68. The Morgan fingerprint density at radius 1 is 1.40 bits per heavy atom. The predicted molar refractivity (Wildman–Crippen MR) is 100 cm³/mol. The second kappa shape index (κ2) is 8.64. The van der Waals surface area contributed by atoms with E-state index in [2.05, 4.69) is 21.6 Å². The van der Waals surface area contributed by atoms with Gasteiger partial charge in [0, 0.05) is 38.1 Å². The molecule has 6 nitrogen and oxygen atoms in total. The van der Waals surface area contributed by atoms with Crippen LogP contribution in [0.5, 0.6) is 0 Å². The molecule has 0 saturated carbocycles. The Morgan fingerprint density at radius 3 is 2.64 bits per heavy atom. The lowest BCUT2D eigenvalue weighted by molar-refractivity contribution is 0.0600. The third-order valence-corrected chi connectivity index (χ3v) is 4.60. The average molecular weight is 361 g/mol. The Hall–Kier alpha value is -2.38. The van der Waals surface area contributed by atoms with Crippen LogP contribution in [0.3, 0.4) is 0 Å². The number of aliphatic hydroxyl groups excluding tert-OH is 1. The minimum absolute atomic E-state index is 0.343. The fourth-order valence-corrected chi connectivity index (χ4v) is 2.97. The van der Waals surface area contributed by atoms with E-state index in [9.17, 15) is 9.90 Å². The predicted octanol–water partition coefficient (Wildman–Crippen LogP) is 2.38. The molecule has 2 N–H and O–H groups in total. The van der Waals surface area contributed by atoms with Crippen LogP contribution in [-0.4, -0.2) is 43.8 Å². The molecule has 1 aromatic heterocycles. The van der Waals surface area contributed by atoms with Crippen molar-refractivity contribution in [1.29, 1.82) is 0 Å². The molecule has 0 aliphatic rings. The van der Waals surface area contributed by atoms with Crippen molar-refractivity contribution in [3.63, 3.8) is 0 Å². The van der Waals surface area contributed by atoms with Gasteiger partial charge in [-0.05, 0) is 17.7 Å². The van der Waals surface area contributed by atoms with Gasteiger partial charge >= 0.3 is 5.97 Å². The molecule has 25 heavy (non-hydrogen) atoms. The standard InChI is InChI=1S/C18H23N3O3S/c1-12(9-13-5-7-14(8-6-13)17(23)24-4)19-10-16(22)15-11-25-18(20-15)21(2)3/h5-8,11,16,19,22H,1,9-10H2,2-4H3. The van der Waals surface area contributed by atoms with E-state index in [1.165, 1.54) is 18.4 Å². The number of aromatic nitrogens is 1. The van der Waals surface area contributed by atoms with Crippen molar-refractivity contribution in [2.24, 2.45) is 0 Å². The number of aliphatic hydroxyl groups is 1. The number of hydrogen-bond acceptors (Lipinski definition) is 7. The molecular formula is C18H23N3O3S. The smallest absolute Gasteiger partial charge is 0.337 e. The highest BCUT2D eigenvalue weighted by Gasteiger charge is 2.13. The summed E-state index contributed by atoms with van der Waals surface area (Å²) in [5.74, 6) is -0.355. The molecule has 134 valence electrons. The van der Waals surface area contributed by atoms with Gasteiger partial charge in [-0.15, -0.1) is 11.3 Å². The molecule has 0 spiro atoms. The van der Waals surface area contributed by atoms with E-state index in [-0.39, 0.29) is 5.97 Å². The second-order valence-electron chi connectivity index (χ2n) is 5.81. The highest BCUT2D eigenvalue weighted by atomic mass is 32.1. The van der Waals surface area contributed by atoms with E-state index in [0.29, 0.717) is 24.2 Å². The number of methoxy groups -OCH3 is 1. The molecule has 2 rings (SSSR count). The van der Waals surface area contributed by atoms with E-state index >= 15 is 0 Å². The lowest BCUT2D eigenvalue weighted by Gasteiger charge is -2.13. The second-order valence-corrected chi connectivity index (χ2v) is 6.65. The maximum absolute atomic E-state index is 11.4. The van der Waals surface area contributed by atoms with Crippen LogP contribution in [0.1, 0.15) is 27.7 Å². The van der Waals surface area contributed by atoms with E-state index in [1.54, 1.807) is 12.1 Å². The maximum Gasteiger partial charge on any atom is 0.337 e.